The van der Waals surface area contributed by atoms with Gasteiger partial charge in [0.25, 0.3) is 0 Å². The van der Waals surface area contributed by atoms with Crippen molar-refractivity contribution in [3.05, 3.63) is 72.6 Å². The smallest absolute Gasteiger partial charge is 0.232 e. The van der Waals surface area contributed by atoms with Crippen molar-refractivity contribution in [2.45, 2.75) is 37.9 Å². The molecule has 0 bridgehead atoms. The first-order chi connectivity index (χ1) is 19.3. The van der Waals surface area contributed by atoms with Gasteiger partial charge in [0, 0.05) is 54.8 Å². The molecule has 0 radical (unpaired) electrons. The molecular weight excluding hydrogens is 526 g/mol. The third kappa shape index (κ3) is 5.24. The predicted octanol–water partition coefficient (Wildman–Crippen LogP) is 3.31. The molecule has 3 heterocycles. The molecule has 40 heavy (non-hydrogen) atoms. The molecule has 2 aliphatic rings. The van der Waals surface area contributed by atoms with Crippen LogP contribution in [0.5, 0.6) is 0 Å². The monoisotopic (exact) mass is 561 g/mol. The normalized spacial score (nSPS) is 18.6. The van der Waals surface area contributed by atoms with Crippen LogP contribution < -0.4 is 19.8 Å². The number of sulfonamides is 1. The van der Waals surface area contributed by atoms with E-state index in [9.17, 15) is 13.5 Å². The minimum Gasteiger partial charge on any atom is -0.394 e. The number of hydrogen-bond acceptors (Lipinski definition) is 8. The maximum atomic E-state index is 12.9. The summed E-state index contributed by atoms with van der Waals surface area (Å²) in [6.45, 7) is 5.35. The second kappa shape index (κ2) is 10.4. The number of anilines is 4. The molecule has 1 saturated heterocycles. The van der Waals surface area contributed by atoms with Crippen molar-refractivity contribution >= 4 is 44.1 Å². The molecule has 1 aliphatic carbocycles. The number of rotatable bonds is 9. The zero-order valence-electron chi connectivity index (χ0n) is 22.8. The van der Waals surface area contributed by atoms with Crippen LogP contribution >= 0.6 is 0 Å². The fourth-order valence-electron chi connectivity index (χ4n) is 5.59. The van der Waals surface area contributed by atoms with E-state index in [2.05, 4.69) is 39.6 Å². The lowest BCUT2D eigenvalue weighted by atomic mass is 10.1. The molecule has 11 heteroatoms. The van der Waals surface area contributed by atoms with Gasteiger partial charge in [-0.3, -0.25) is 4.31 Å². The van der Waals surface area contributed by atoms with Gasteiger partial charge in [0.05, 0.1) is 30.6 Å². The molecule has 4 aromatic rings. The Hall–Kier alpha value is -3.67. The van der Waals surface area contributed by atoms with Gasteiger partial charge in [-0.05, 0) is 61.7 Å². The summed E-state index contributed by atoms with van der Waals surface area (Å²) in [5, 5.41) is 17.7. The van der Waals surface area contributed by atoms with Crippen molar-refractivity contribution in [2.75, 3.05) is 47.0 Å². The van der Waals surface area contributed by atoms with Gasteiger partial charge in [0.2, 0.25) is 16.0 Å². The van der Waals surface area contributed by atoms with E-state index in [1.54, 1.807) is 6.20 Å². The first kappa shape index (κ1) is 26.5. The molecule has 3 N–H and O–H groups in total. The Bertz CT molecular complexity index is 1620. The zero-order chi connectivity index (χ0) is 27.9. The SMILES string of the molecule is CC1CN(c2ccc(Nc3ncc4ccn(Cc5ccccc5N(C5(CO)CC5)S(C)(=O)=O)c4n3)cc2)CCN1. The van der Waals surface area contributed by atoms with Crippen LogP contribution in [0.4, 0.5) is 23.0 Å². The Morgan fingerprint density at radius 3 is 2.62 bits per heavy atom. The summed E-state index contributed by atoms with van der Waals surface area (Å²) in [6, 6.07) is 18.2. The number of benzene rings is 2. The first-order valence-corrected chi connectivity index (χ1v) is 15.5. The summed E-state index contributed by atoms with van der Waals surface area (Å²) in [7, 11) is -3.60. The van der Waals surface area contributed by atoms with E-state index in [1.807, 2.05) is 53.2 Å². The summed E-state index contributed by atoms with van der Waals surface area (Å²) in [6.07, 6.45) is 6.20. The maximum absolute atomic E-state index is 12.9. The zero-order valence-corrected chi connectivity index (χ0v) is 23.6. The quantitative estimate of drug-likeness (QED) is 0.285. The Kier molecular flexibility index (Phi) is 6.89. The molecule has 1 unspecified atom stereocenters. The largest absolute Gasteiger partial charge is 0.394 e. The van der Waals surface area contributed by atoms with Crippen LogP contribution in [-0.4, -0.2) is 72.1 Å². The van der Waals surface area contributed by atoms with Gasteiger partial charge >= 0.3 is 0 Å². The van der Waals surface area contributed by atoms with Crippen molar-refractivity contribution in [1.29, 1.82) is 0 Å². The van der Waals surface area contributed by atoms with Crippen LogP contribution in [0.25, 0.3) is 11.0 Å². The third-order valence-electron chi connectivity index (χ3n) is 7.79. The van der Waals surface area contributed by atoms with E-state index >= 15 is 0 Å². The number of piperazine rings is 1. The van der Waals surface area contributed by atoms with Gasteiger partial charge in [-0.1, -0.05) is 18.2 Å². The van der Waals surface area contributed by atoms with Gasteiger partial charge in [0.1, 0.15) is 5.65 Å². The summed E-state index contributed by atoms with van der Waals surface area (Å²) >= 11 is 0. The van der Waals surface area contributed by atoms with Crippen LogP contribution in [0.2, 0.25) is 0 Å². The second-order valence-corrected chi connectivity index (χ2v) is 12.8. The van der Waals surface area contributed by atoms with Crippen LogP contribution in [0.3, 0.4) is 0 Å². The molecule has 10 nitrogen and oxygen atoms in total. The summed E-state index contributed by atoms with van der Waals surface area (Å²) in [5.74, 6) is 0.485. The molecule has 2 aromatic heterocycles. The Morgan fingerprint density at radius 1 is 1.15 bits per heavy atom. The second-order valence-electron chi connectivity index (χ2n) is 10.9. The van der Waals surface area contributed by atoms with E-state index in [4.69, 9.17) is 4.98 Å². The van der Waals surface area contributed by atoms with Crippen LogP contribution in [0.1, 0.15) is 25.3 Å². The predicted molar refractivity (Wildman–Crippen MR) is 159 cm³/mol. The Balaban J connectivity index is 1.25. The summed E-state index contributed by atoms with van der Waals surface area (Å²) < 4.78 is 29.1. The number of nitrogens with one attached hydrogen (secondary N) is 2. The lowest BCUT2D eigenvalue weighted by Crippen LogP contribution is -2.49. The highest BCUT2D eigenvalue weighted by atomic mass is 32.2. The summed E-state index contributed by atoms with van der Waals surface area (Å²) in [4.78, 5) is 11.7. The number of aliphatic hydroxyl groups excluding tert-OH is 1. The number of aliphatic hydroxyl groups is 1. The van der Waals surface area contributed by atoms with Crippen LogP contribution in [0.15, 0.2) is 67.0 Å². The fraction of sp³-hybridized carbons (Fsp3) is 0.379. The molecule has 0 spiro atoms. The van der Waals surface area contributed by atoms with Gasteiger partial charge in [-0.2, -0.15) is 4.98 Å². The number of nitrogens with zero attached hydrogens (tertiary/aromatic N) is 5. The van der Waals surface area contributed by atoms with E-state index in [0.717, 1.165) is 41.9 Å². The van der Waals surface area contributed by atoms with Crippen LogP contribution in [-0.2, 0) is 16.6 Å². The molecule has 1 saturated carbocycles. The standard InChI is InChI=1S/C29H35N7O3S/c1-21-18-34(16-14-30-21)25-9-7-24(8-10-25)32-28-31-17-22-11-15-35(27(22)33-28)19-23-5-3-4-6-26(23)36(40(2,38)39)29(20-37)12-13-29/h3-11,15,17,21,30,37H,12-14,16,18-20H2,1-2H3,(H,31,32,33). The van der Waals surface area contributed by atoms with E-state index in [-0.39, 0.29) is 6.61 Å². The van der Waals surface area contributed by atoms with Gasteiger partial charge in [0.15, 0.2) is 0 Å². The highest BCUT2D eigenvalue weighted by Crippen LogP contribution is 2.46. The molecule has 1 aliphatic heterocycles. The highest BCUT2D eigenvalue weighted by Gasteiger charge is 2.52. The lowest BCUT2D eigenvalue weighted by molar-refractivity contribution is 0.258. The highest BCUT2D eigenvalue weighted by molar-refractivity contribution is 7.92. The Morgan fingerprint density at radius 2 is 1.93 bits per heavy atom. The number of fused-ring (bicyclic) bond motifs is 1. The van der Waals surface area contributed by atoms with Gasteiger partial charge in [-0.15, -0.1) is 0 Å². The van der Waals surface area contributed by atoms with E-state index in [0.29, 0.717) is 37.1 Å². The molecule has 2 fully saturated rings. The van der Waals surface area contributed by atoms with Crippen LogP contribution in [0, 0.1) is 0 Å². The summed E-state index contributed by atoms with van der Waals surface area (Å²) in [5.41, 5.74) is 3.49. The first-order valence-electron chi connectivity index (χ1n) is 13.6. The van der Waals surface area contributed by atoms with Crippen molar-refractivity contribution in [1.82, 2.24) is 19.9 Å². The number of para-hydroxylation sites is 1. The Labute approximate surface area is 234 Å². The minimum absolute atomic E-state index is 0.210. The molecular formula is C29H35N7O3S. The maximum Gasteiger partial charge on any atom is 0.232 e. The number of aromatic nitrogens is 3. The topological polar surface area (TPSA) is 116 Å². The van der Waals surface area contributed by atoms with E-state index in [1.165, 1.54) is 16.2 Å². The lowest BCUT2D eigenvalue weighted by Gasteiger charge is -2.33. The third-order valence-corrected chi connectivity index (χ3v) is 9.04. The van der Waals surface area contributed by atoms with Crippen molar-refractivity contribution in [3.63, 3.8) is 0 Å². The number of hydrogen-bond donors (Lipinski definition) is 3. The molecule has 210 valence electrons. The minimum atomic E-state index is -3.60. The van der Waals surface area contributed by atoms with Crippen molar-refractivity contribution < 1.29 is 13.5 Å². The fourth-order valence-corrected chi connectivity index (χ4v) is 7.07. The van der Waals surface area contributed by atoms with Gasteiger partial charge < -0.3 is 25.2 Å². The average Bonchev–Trinajstić information content (AvgIpc) is 3.62. The molecule has 0 amide bonds. The van der Waals surface area contributed by atoms with E-state index < -0.39 is 15.6 Å². The molecule has 2 aromatic carbocycles. The molecule has 6 rings (SSSR count). The van der Waals surface area contributed by atoms with Gasteiger partial charge in [-0.25, -0.2) is 13.4 Å². The average molecular weight is 562 g/mol. The molecule has 1 atom stereocenters. The van der Waals surface area contributed by atoms with Crippen molar-refractivity contribution in [2.24, 2.45) is 0 Å². The van der Waals surface area contributed by atoms with Crippen molar-refractivity contribution in [3.8, 4) is 0 Å².